The number of methoxy groups -OCH3 is 1. The first-order chi connectivity index (χ1) is 31.3. The van der Waals surface area contributed by atoms with Gasteiger partial charge >= 0.3 is 0 Å². The van der Waals surface area contributed by atoms with Gasteiger partial charge in [-0.15, -0.1) is 0 Å². The zero-order valence-corrected chi connectivity index (χ0v) is 39.1. The molecule has 2 aliphatic carbocycles. The predicted octanol–water partition coefficient (Wildman–Crippen LogP) is 8.19. The third-order valence-corrected chi connectivity index (χ3v) is 16.5. The number of likely N-dealkylation sites (tertiary alicyclic amines) is 1. The van der Waals surface area contributed by atoms with Crippen molar-refractivity contribution in [1.82, 2.24) is 25.1 Å². The van der Waals surface area contributed by atoms with Crippen LogP contribution in [0.1, 0.15) is 98.0 Å². The third-order valence-electron chi connectivity index (χ3n) is 14.7. The molecular formula is C49H58ClN8O6P. The van der Waals surface area contributed by atoms with Crippen LogP contribution < -0.4 is 35.6 Å². The van der Waals surface area contributed by atoms with Crippen molar-refractivity contribution in [1.29, 1.82) is 0 Å². The maximum atomic E-state index is 13.4. The van der Waals surface area contributed by atoms with E-state index in [1.165, 1.54) is 17.7 Å². The summed E-state index contributed by atoms with van der Waals surface area (Å²) in [7, 11) is -0.860. The first-order valence-electron chi connectivity index (χ1n) is 23.2. The summed E-state index contributed by atoms with van der Waals surface area (Å²) in [5.41, 5.74) is 5.82. The SMILES string of the molecule is COc1cc(N2CCC(N3CCC4(CCC(Oc5cccc6c5CN(C5CCC(=O)NC5=O)C6=O)CC4)C3)CC2)c(C2CC2)cc1Nc1ncc(Cl)c(Nc2ccccc2P(C)(C)=O)n1. The van der Waals surface area contributed by atoms with Crippen LogP contribution in [0.3, 0.4) is 0 Å². The molecular weight excluding hydrogens is 863 g/mol. The number of rotatable bonds is 12. The number of hydrogen-bond acceptors (Lipinski definition) is 12. The first-order valence-corrected chi connectivity index (χ1v) is 26.2. The summed E-state index contributed by atoms with van der Waals surface area (Å²) in [4.78, 5) is 53.9. The Morgan fingerprint density at radius 1 is 0.877 bits per heavy atom. The van der Waals surface area contributed by atoms with E-state index in [1.807, 2.05) is 42.5 Å². The molecule has 1 atom stereocenters. The molecule has 16 heteroatoms. The summed E-state index contributed by atoms with van der Waals surface area (Å²) >= 11 is 6.57. The maximum absolute atomic E-state index is 13.4. The molecule has 65 heavy (non-hydrogen) atoms. The Morgan fingerprint density at radius 3 is 2.40 bits per heavy atom. The van der Waals surface area contributed by atoms with E-state index >= 15 is 0 Å². The lowest BCUT2D eigenvalue weighted by atomic mass is 9.72. The van der Waals surface area contributed by atoms with Gasteiger partial charge < -0.3 is 34.5 Å². The van der Waals surface area contributed by atoms with Gasteiger partial charge in [-0.1, -0.05) is 29.8 Å². The van der Waals surface area contributed by atoms with Crippen LogP contribution in [0.25, 0.3) is 0 Å². The molecule has 1 unspecified atom stereocenters. The van der Waals surface area contributed by atoms with Gasteiger partial charge in [-0.25, -0.2) is 4.98 Å². The van der Waals surface area contributed by atoms with Gasteiger partial charge in [0, 0.05) is 60.3 Å². The fourth-order valence-electron chi connectivity index (χ4n) is 11.0. The number of fused-ring (bicyclic) bond motifs is 1. The Kier molecular flexibility index (Phi) is 11.8. The largest absolute Gasteiger partial charge is 0.494 e. The lowest BCUT2D eigenvalue weighted by Crippen LogP contribution is -2.52. The Hall–Kier alpha value is -5.17. The number of nitrogens with one attached hydrogen (secondary N) is 3. The van der Waals surface area contributed by atoms with Gasteiger partial charge in [-0.2, -0.15) is 4.98 Å². The smallest absolute Gasteiger partial charge is 0.255 e. The predicted molar refractivity (Wildman–Crippen MR) is 253 cm³/mol. The van der Waals surface area contributed by atoms with Crippen molar-refractivity contribution < 1.29 is 28.4 Å². The van der Waals surface area contributed by atoms with Crippen LogP contribution in [-0.2, 0) is 20.7 Å². The molecule has 1 spiro atoms. The highest BCUT2D eigenvalue weighted by atomic mass is 35.5. The van der Waals surface area contributed by atoms with E-state index in [1.54, 1.807) is 31.5 Å². The van der Waals surface area contributed by atoms with Crippen molar-refractivity contribution in [3.8, 4) is 11.5 Å². The topological polar surface area (TPSA) is 158 Å². The summed E-state index contributed by atoms with van der Waals surface area (Å²) in [5.74, 6) is 1.91. The van der Waals surface area contributed by atoms with Gasteiger partial charge in [-0.3, -0.25) is 24.6 Å². The Labute approximate surface area is 385 Å². The number of benzene rings is 3. The fraction of sp³-hybridized carbons (Fsp3) is 0.490. The average Bonchev–Trinajstić information content (AvgIpc) is 3.98. The number of anilines is 5. The monoisotopic (exact) mass is 920 g/mol. The summed E-state index contributed by atoms with van der Waals surface area (Å²) in [6.45, 7) is 8.07. The Bertz CT molecular complexity index is 2570. The summed E-state index contributed by atoms with van der Waals surface area (Å²) < 4.78 is 25.7. The highest BCUT2D eigenvalue weighted by molar-refractivity contribution is 7.70. The third kappa shape index (κ3) is 8.93. The first kappa shape index (κ1) is 43.7. The van der Waals surface area contributed by atoms with Crippen molar-refractivity contribution in [2.45, 2.75) is 101 Å². The second-order valence-corrected chi connectivity index (χ2v) is 22.9. The van der Waals surface area contributed by atoms with Gasteiger partial charge in [0.15, 0.2) is 5.82 Å². The molecule has 1 aromatic heterocycles. The van der Waals surface area contributed by atoms with Crippen LogP contribution in [-0.4, -0.2) is 102 Å². The lowest BCUT2D eigenvalue weighted by Gasteiger charge is -2.41. The van der Waals surface area contributed by atoms with E-state index in [0.29, 0.717) is 58.4 Å². The fourth-order valence-corrected chi connectivity index (χ4v) is 12.3. The molecule has 3 N–H and O–H groups in total. The van der Waals surface area contributed by atoms with Crippen molar-refractivity contribution in [3.05, 3.63) is 82.5 Å². The van der Waals surface area contributed by atoms with E-state index in [0.717, 1.165) is 106 Å². The number of carbonyl (C=O) groups excluding carboxylic acids is 3. The van der Waals surface area contributed by atoms with Gasteiger partial charge in [0.1, 0.15) is 29.7 Å². The van der Waals surface area contributed by atoms with Crippen LogP contribution in [0.5, 0.6) is 11.5 Å². The van der Waals surface area contributed by atoms with Gasteiger partial charge in [0.05, 0.1) is 37.3 Å². The minimum absolute atomic E-state index is 0.0870. The zero-order valence-electron chi connectivity index (χ0n) is 37.4. The molecule has 0 bridgehead atoms. The van der Waals surface area contributed by atoms with Crippen LogP contribution in [0, 0.1) is 5.41 Å². The normalized spacial score (nSPS) is 24.0. The Balaban J connectivity index is 0.751. The van der Waals surface area contributed by atoms with E-state index in [4.69, 9.17) is 26.1 Å². The standard InChI is InChI=1S/C49H58ClN8O6P/c1-63-42-26-40(34(30-11-12-30)25-38(42)53-48-51-27-36(50)45(55-48)52-37-8-4-5-10-43(37)65(2,3)62)56-22-17-31(18-23-56)57-24-21-49(29-57)19-15-32(16-20-49)64-41-9-6-7-33-35(41)28-58(47(33)61)39-13-14-44(59)54-46(39)60/h4-10,25-27,30-32,39H,11-24,28-29H2,1-3H3,(H,54,59,60)(H2,51,52,53,55). The number of para-hydroxylation sites is 1. The summed E-state index contributed by atoms with van der Waals surface area (Å²) in [6, 6.07) is 17.5. The molecule has 0 radical (unpaired) electrons. The number of ether oxygens (including phenoxy) is 2. The van der Waals surface area contributed by atoms with Crippen molar-refractivity contribution in [2.24, 2.45) is 5.41 Å². The van der Waals surface area contributed by atoms with E-state index in [2.05, 4.69) is 42.9 Å². The van der Waals surface area contributed by atoms with E-state index < -0.39 is 19.1 Å². The number of imide groups is 1. The molecule has 3 saturated heterocycles. The molecule has 6 aliphatic rings. The lowest BCUT2D eigenvalue weighted by molar-refractivity contribution is -0.136. The number of amides is 3. The summed E-state index contributed by atoms with van der Waals surface area (Å²) in [6.07, 6.45) is 12.2. The van der Waals surface area contributed by atoms with Crippen LogP contribution >= 0.6 is 18.7 Å². The second kappa shape index (κ2) is 17.6. The molecule has 4 aliphatic heterocycles. The molecule has 14 nitrogen and oxygen atoms in total. The number of piperidine rings is 2. The number of nitrogens with zero attached hydrogens (tertiary/aromatic N) is 5. The molecule has 10 rings (SSSR count). The van der Waals surface area contributed by atoms with Gasteiger partial charge in [0.25, 0.3) is 5.91 Å². The maximum Gasteiger partial charge on any atom is 0.255 e. The highest BCUT2D eigenvalue weighted by Gasteiger charge is 2.45. The number of hydrogen-bond donors (Lipinski definition) is 3. The van der Waals surface area contributed by atoms with Crippen molar-refractivity contribution in [3.63, 3.8) is 0 Å². The molecule has 342 valence electrons. The van der Waals surface area contributed by atoms with Crippen molar-refractivity contribution >= 4 is 70.6 Å². The summed E-state index contributed by atoms with van der Waals surface area (Å²) in [5, 5.41) is 10.2. The minimum atomic E-state index is -2.56. The molecule has 3 aromatic carbocycles. The molecule has 5 heterocycles. The van der Waals surface area contributed by atoms with Gasteiger partial charge in [-0.05, 0) is 131 Å². The zero-order chi connectivity index (χ0) is 45.0. The molecule has 5 fully saturated rings. The minimum Gasteiger partial charge on any atom is -0.494 e. The van der Waals surface area contributed by atoms with Crippen LogP contribution in [0.4, 0.5) is 28.8 Å². The van der Waals surface area contributed by atoms with Crippen LogP contribution in [0.15, 0.2) is 60.8 Å². The van der Waals surface area contributed by atoms with E-state index in [-0.39, 0.29) is 24.3 Å². The van der Waals surface area contributed by atoms with E-state index in [9.17, 15) is 18.9 Å². The van der Waals surface area contributed by atoms with Gasteiger partial charge in [0.2, 0.25) is 17.8 Å². The van der Waals surface area contributed by atoms with Crippen molar-refractivity contribution in [2.75, 3.05) is 62.2 Å². The second-order valence-electron chi connectivity index (χ2n) is 19.3. The molecule has 2 saturated carbocycles. The molecule has 3 amide bonds. The number of halogens is 1. The van der Waals surface area contributed by atoms with Crippen LogP contribution in [0.2, 0.25) is 5.02 Å². The quantitative estimate of drug-likeness (QED) is 0.0926. The highest BCUT2D eigenvalue weighted by Crippen LogP contribution is 2.50. The average molecular weight is 921 g/mol. The molecule has 4 aromatic rings. The number of aromatic nitrogens is 2. The Morgan fingerprint density at radius 2 is 1.66 bits per heavy atom. The number of carbonyl (C=O) groups is 3.